The molecule has 3 fully saturated rings. The summed E-state index contributed by atoms with van der Waals surface area (Å²) in [6.45, 7) is 7.01. The van der Waals surface area contributed by atoms with Gasteiger partial charge >= 0.3 is 5.97 Å². The van der Waals surface area contributed by atoms with Gasteiger partial charge in [-0.2, -0.15) is 11.8 Å². The number of fused-ring (bicyclic) bond motifs is 1. The first kappa shape index (κ1) is 60.6. The molecule has 5 rings (SSSR count). The minimum Gasteiger partial charge on any atom is -0.480 e. The molecule has 1 aromatic carbocycles. The summed E-state index contributed by atoms with van der Waals surface area (Å²) in [5.74, 6) is -8.10. The molecule has 4 heterocycles. The predicted octanol–water partition coefficient (Wildman–Crippen LogP) is -0.235. The molecule has 76 heavy (non-hydrogen) atoms. The zero-order valence-corrected chi connectivity index (χ0v) is 45.7. The van der Waals surface area contributed by atoms with Crippen LogP contribution in [0, 0.1) is 5.92 Å². The summed E-state index contributed by atoms with van der Waals surface area (Å²) in [5.41, 5.74) is 23.5. The van der Waals surface area contributed by atoms with E-state index < -0.39 is 130 Å². The second kappa shape index (κ2) is 27.7. The largest absolute Gasteiger partial charge is 0.480 e. The standard InChI is InChI=1S/C49H73N13O11S3/c1-5-26(2)38-44(70)57-30(14-15-35(50)63)40(66)59-33(23-36(51)64)42(68)61-39(45(71)62-19-9-13-34(62)43(69)58-31(46(72)73)12-8-18-54-47(52)53)48(3,4)75-76-49(16-20-74-21-17-49)24-37(65)56-32(41(67)60-38)22-27-25-55-29-11-7-6-10-28(27)29/h6-7,10-11,25-26,30-34,38-39,55H,5,8-9,12-24H2,1-4H3,(H2,50,63)(H2,51,64)(H,56,65)(H,57,70)(H,58,69)(H,59,66)(H,60,67)(H,61,68)(H,72,73)(H4,52,53,54)/t26?,30-,31-,32+,33-,34-,38-,39+/m0/s1. The van der Waals surface area contributed by atoms with Crippen molar-refractivity contribution in [1.82, 2.24) is 41.8 Å². The van der Waals surface area contributed by atoms with E-state index in [1.165, 1.54) is 26.5 Å². The summed E-state index contributed by atoms with van der Waals surface area (Å²) in [7, 11) is 2.56. The highest BCUT2D eigenvalue weighted by molar-refractivity contribution is 8.77. The summed E-state index contributed by atoms with van der Waals surface area (Å²) in [4.78, 5) is 147. The number of hydrogen-bond acceptors (Lipinski definition) is 14. The highest BCUT2D eigenvalue weighted by atomic mass is 33.1. The number of guanidine groups is 1. The topological polar surface area (TPSA) is 399 Å². The normalized spacial score (nSPS) is 24.6. The van der Waals surface area contributed by atoms with E-state index in [9.17, 15) is 48.3 Å². The number of thioether (sulfide) groups is 1. The van der Waals surface area contributed by atoms with Gasteiger partial charge in [0.2, 0.25) is 53.2 Å². The third-order valence-electron chi connectivity index (χ3n) is 13.8. The maximum absolute atomic E-state index is 15.2. The zero-order valence-electron chi connectivity index (χ0n) is 43.3. The van der Waals surface area contributed by atoms with Gasteiger partial charge in [0.1, 0.15) is 42.3 Å². The highest BCUT2D eigenvalue weighted by Gasteiger charge is 2.48. The number of rotatable bonds is 17. The lowest BCUT2D eigenvalue weighted by atomic mass is 9.95. The fraction of sp³-hybridized carbons (Fsp3) is 0.612. The lowest BCUT2D eigenvalue weighted by molar-refractivity contribution is -0.145. The zero-order chi connectivity index (χ0) is 55.9. The molecule has 9 amide bonds. The van der Waals surface area contributed by atoms with Gasteiger partial charge in [0, 0.05) is 58.9 Å². The number of primary amides is 2. The molecule has 8 atom stereocenters. The van der Waals surface area contributed by atoms with Crippen molar-refractivity contribution >= 4 is 109 Å². The van der Waals surface area contributed by atoms with Gasteiger partial charge in [-0.05, 0) is 87.8 Å². The van der Waals surface area contributed by atoms with Gasteiger partial charge in [-0.15, -0.1) is 0 Å². The summed E-state index contributed by atoms with van der Waals surface area (Å²) < 4.78 is -2.09. The van der Waals surface area contributed by atoms with Crippen molar-refractivity contribution in [2.24, 2.45) is 33.8 Å². The number of carboxylic acid groups (broad SMARTS) is 1. The van der Waals surface area contributed by atoms with Gasteiger partial charge in [-0.25, -0.2) is 4.79 Å². The van der Waals surface area contributed by atoms with Crippen LogP contribution in [-0.4, -0.2) is 156 Å². The predicted molar refractivity (Wildman–Crippen MR) is 291 cm³/mol. The number of aromatic amines is 1. The van der Waals surface area contributed by atoms with Crippen molar-refractivity contribution in [3.05, 3.63) is 36.0 Å². The molecule has 0 aliphatic carbocycles. The Balaban J connectivity index is 1.58. The van der Waals surface area contributed by atoms with Gasteiger partial charge in [0.15, 0.2) is 5.96 Å². The number of para-hydroxylation sites is 1. The van der Waals surface area contributed by atoms with Crippen LogP contribution in [0.4, 0.5) is 0 Å². The number of nitrogens with one attached hydrogen (secondary N) is 7. The van der Waals surface area contributed by atoms with Crippen molar-refractivity contribution in [3.63, 3.8) is 0 Å². The van der Waals surface area contributed by atoms with Crippen LogP contribution in [-0.2, 0) is 54.4 Å². The number of aliphatic carboxylic acids is 1. The molecule has 3 aliphatic heterocycles. The number of aliphatic imine (C=N–C) groups is 1. The second-order valence-corrected chi connectivity index (χ2v) is 24.6. The van der Waals surface area contributed by atoms with Gasteiger partial charge in [0.05, 0.1) is 6.42 Å². The average molecular weight is 1120 g/mol. The Kier molecular flexibility index (Phi) is 22.1. The summed E-state index contributed by atoms with van der Waals surface area (Å²) >= 11 is 1.71. The molecule has 27 heteroatoms. The van der Waals surface area contributed by atoms with Crippen LogP contribution < -0.4 is 54.8 Å². The van der Waals surface area contributed by atoms with E-state index in [4.69, 9.17) is 22.9 Å². The Labute approximate surface area is 453 Å². The molecule has 2 aromatic rings. The van der Waals surface area contributed by atoms with E-state index in [0.29, 0.717) is 37.2 Å². The number of carbonyl (C=O) groups excluding carboxylic acids is 9. The van der Waals surface area contributed by atoms with Gasteiger partial charge in [0.25, 0.3) is 0 Å². The molecule has 0 radical (unpaired) electrons. The van der Waals surface area contributed by atoms with E-state index in [-0.39, 0.29) is 57.6 Å². The number of nitrogens with zero attached hydrogens (tertiary/aromatic N) is 2. The van der Waals surface area contributed by atoms with Gasteiger partial charge in [-0.1, -0.05) is 60.1 Å². The lowest BCUT2D eigenvalue weighted by Gasteiger charge is -2.41. The maximum atomic E-state index is 15.2. The molecule has 0 saturated carbocycles. The Morgan fingerprint density at radius 2 is 1.54 bits per heavy atom. The van der Waals surface area contributed by atoms with Crippen molar-refractivity contribution in [2.45, 2.75) is 157 Å². The third kappa shape index (κ3) is 16.9. The van der Waals surface area contributed by atoms with Crippen LogP contribution in [0.1, 0.15) is 104 Å². The number of H-pyrrole nitrogens is 1. The molecule has 0 bridgehead atoms. The first-order valence-corrected chi connectivity index (χ1v) is 28.7. The highest BCUT2D eigenvalue weighted by Crippen LogP contribution is 2.52. The van der Waals surface area contributed by atoms with Crippen LogP contribution in [0.15, 0.2) is 35.5 Å². The average Bonchev–Trinajstić information content (AvgIpc) is 4.03. The summed E-state index contributed by atoms with van der Waals surface area (Å²) in [6.07, 6.45) is 2.22. The number of hydrogen-bond donors (Lipinski definition) is 12. The lowest BCUT2D eigenvalue weighted by Crippen LogP contribution is -2.63. The third-order valence-corrected chi connectivity index (χ3v) is 19.1. The quantitative estimate of drug-likeness (QED) is 0.0421. The summed E-state index contributed by atoms with van der Waals surface area (Å²) in [5, 5.41) is 27.0. The summed E-state index contributed by atoms with van der Waals surface area (Å²) in [6, 6.07) is -2.42. The fourth-order valence-electron chi connectivity index (χ4n) is 9.27. The van der Waals surface area contributed by atoms with E-state index in [2.05, 4.69) is 41.9 Å². The SMILES string of the molecule is CCC(C)[C@@H]1NC(=O)[C@@H](Cc2c[nH]c3ccccc23)NC(=O)CC2(CCSCC2)SSC(C)(C)[C@@H](C(=O)N2CCC[C@H]2C(=O)N[C@@H](CCCN=C(N)N)C(=O)O)NC(=O)[C@H](CC(N)=O)NC(=O)[C@H](CCC(N)=O)NC1=O. The molecule has 1 unspecified atom stereocenters. The number of benzene rings is 1. The Morgan fingerprint density at radius 3 is 2.20 bits per heavy atom. The Bertz CT molecular complexity index is 2500. The molecule has 24 nitrogen and oxygen atoms in total. The number of carboxylic acids is 1. The van der Waals surface area contributed by atoms with E-state index >= 15 is 4.79 Å². The smallest absolute Gasteiger partial charge is 0.326 e. The van der Waals surface area contributed by atoms with E-state index in [1.807, 2.05) is 24.3 Å². The van der Waals surface area contributed by atoms with Crippen molar-refractivity contribution in [2.75, 3.05) is 24.6 Å². The number of likely N-dealkylation sites (tertiary alicyclic amines) is 1. The number of amides is 9. The van der Waals surface area contributed by atoms with Crippen molar-refractivity contribution in [3.8, 4) is 0 Å². The van der Waals surface area contributed by atoms with Crippen molar-refractivity contribution < 1.29 is 53.1 Å². The molecule has 418 valence electrons. The van der Waals surface area contributed by atoms with Crippen molar-refractivity contribution in [1.29, 1.82) is 0 Å². The molecular formula is C49H73N13O11S3. The van der Waals surface area contributed by atoms with Crippen LogP contribution >= 0.6 is 33.3 Å². The molecule has 16 N–H and O–H groups in total. The first-order valence-electron chi connectivity index (χ1n) is 25.4. The Hall–Kier alpha value is -6.22. The Morgan fingerprint density at radius 1 is 0.868 bits per heavy atom. The van der Waals surface area contributed by atoms with E-state index in [0.717, 1.165) is 16.5 Å². The molecule has 1 aromatic heterocycles. The molecule has 3 saturated heterocycles. The molecular weight excluding hydrogens is 1040 g/mol. The monoisotopic (exact) mass is 1120 g/mol. The van der Waals surface area contributed by atoms with Crippen LogP contribution in [0.3, 0.4) is 0 Å². The first-order chi connectivity index (χ1) is 35.9. The number of carbonyl (C=O) groups is 10. The molecule has 3 aliphatic rings. The fourth-order valence-corrected chi connectivity index (χ4v) is 14.2. The minimum atomic E-state index is -1.76. The number of nitrogens with two attached hydrogens (primary N) is 4. The van der Waals surface area contributed by atoms with Gasteiger partial charge < -0.3 is 69.8 Å². The van der Waals surface area contributed by atoms with E-state index in [1.54, 1.807) is 45.7 Å². The van der Waals surface area contributed by atoms with Crippen LogP contribution in [0.2, 0.25) is 0 Å². The number of aromatic nitrogens is 1. The van der Waals surface area contributed by atoms with Crippen LogP contribution in [0.5, 0.6) is 0 Å². The van der Waals surface area contributed by atoms with Crippen LogP contribution in [0.25, 0.3) is 10.9 Å². The van der Waals surface area contributed by atoms with Gasteiger partial charge in [-0.3, -0.25) is 48.1 Å². The minimum absolute atomic E-state index is 0.0223. The second-order valence-electron chi connectivity index (χ2n) is 20.1. The molecule has 1 spiro atoms. The maximum Gasteiger partial charge on any atom is 0.326 e.